The molecule has 1 fully saturated rings. The number of ether oxygens (including phenoxy) is 2. The molecule has 0 unspecified atom stereocenters. The molecule has 6 rings (SSSR count). The molecule has 0 bridgehead atoms. The van der Waals surface area contributed by atoms with Gasteiger partial charge in [0, 0.05) is 17.5 Å². The fourth-order valence-electron chi connectivity index (χ4n) is 5.40. The highest BCUT2D eigenvalue weighted by Crippen LogP contribution is 2.54. The van der Waals surface area contributed by atoms with E-state index in [4.69, 9.17) is 14.0 Å². The number of phenolic OH excluding ortho intramolecular Hbond substituents is 1. The van der Waals surface area contributed by atoms with Crippen molar-refractivity contribution in [1.82, 2.24) is 4.74 Å². The van der Waals surface area contributed by atoms with Crippen LogP contribution in [0.3, 0.4) is 0 Å². The van der Waals surface area contributed by atoms with Gasteiger partial charge in [-0.3, -0.25) is 9.59 Å². The third-order valence-corrected chi connectivity index (χ3v) is 6.91. The quantitative estimate of drug-likeness (QED) is 0.378. The van der Waals surface area contributed by atoms with Crippen molar-refractivity contribution in [2.75, 3.05) is 7.11 Å². The van der Waals surface area contributed by atoms with E-state index in [9.17, 15) is 29.7 Å². The molecule has 0 radical (unpaired) electrons. The Morgan fingerprint density at radius 2 is 2.06 bits per heavy atom. The molecule has 3 aromatic rings. The maximum absolute atomic E-state index is 12.9. The van der Waals surface area contributed by atoms with E-state index in [0.717, 1.165) is 0 Å². The van der Waals surface area contributed by atoms with Crippen LogP contribution in [-0.4, -0.2) is 50.6 Å². The van der Waals surface area contributed by atoms with Crippen molar-refractivity contribution >= 4 is 28.4 Å². The molecule has 10 heteroatoms. The Labute approximate surface area is 191 Å². The number of ketones is 1. The van der Waals surface area contributed by atoms with E-state index in [1.807, 2.05) is 0 Å². The number of nitrogens with zero attached hydrogens (tertiary/aromatic N) is 1. The topological polar surface area (TPSA) is 148 Å². The number of aliphatic hydroxyl groups is 2. The van der Waals surface area contributed by atoms with E-state index < -0.39 is 41.3 Å². The summed E-state index contributed by atoms with van der Waals surface area (Å²) in [7, 11) is 1.17. The lowest BCUT2D eigenvalue weighted by atomic mass is 9.72. The maximum atomic E-state index is 12.9. The van der Waals surface area contributed by atoms with Crippen LogP contribution in [0.2, 0.25) is 0 Å². The molecule has 3 heterocycles. The van der Waals surface area contributed by atoms with Crippen LogP contribution in [0, 0.1) is 0 Å². The van der Waals surface area contributed by atoms with Crippen LogP contribution in [0.25, 0.3) is 27.8 Å². The molecule has 3 aliphatic rings. The summed E-state index contributed by atoms with van der Waals surface area (Å²) in [4.78, 5) is 37.4. The van der Waals surface area contributed by atoms with Crippen molar-refractivity contribution < 1.29 is 38.9 Å². The second kappa shape index (κ2) is 6.73. The third kappa shape index (κ3) is 2.45. The molecule has 10 nitrogen and oxygen atoms in total. The summed E-state index contributed by atoms with van der Waals surface area (Å²) in [5.74, 6) is -2.16. The Morgan fingerprint density at radius 1 is 1.26 bits per heavy atom. The number of carbonyl (C=O) groups is 2. The van der Waals surface area contributed by atoms with Crippen LogP contribution in [0.5, 0.6) is 11.5 Å². The first kappa shape index (κ1) is 20.5. The zero-order chi connectivity index (χ0) is 23.9. The summed E-state index contributed by atoms with van der Waals surface area (Å²) in [5.41, 5.74) is -0.858. The van der Waals surface area contributed by atoms with Crippen molar-refractivity contribution in [3.05, 3.63) is 51.4 Å². The number of para-hydroxylation sites is 1. The fraction of sp³-hybridized carbons (Fsp3) is 0.292. The number of aromatic hydroxyl groups is 1. The molecular weight excluding hydrogens is 446 g/mol. The number of benzene rings is 2. The summed E-state index contributed by atoms with van der Waals surface area (Å²) in [6.07, 6.45) is -1.83. The maximum Gasteiger partial charge on any atom is 0.365 e. The molecule has 1 saturated carbocycles. The molecular formula is C24H19NO9. The molecule has 34 heavy (non-hydrogen) atoms. The number of fused-ring (bicyclic) bond motifs is 4. The molecule has 2 aromatic carbocycles. The minimum atomic E-state index is -1.86. The number of aromatic nitrogens is 1. The number of esters is 1. The molecule has 1 aromatic heterocycles. The van der Waals surface area contributed by atoms with E-state index in [1.165, 1.54) is 11.8 Å². The van der Waals surface area contributed by atoms with Crippen molar-refractivity contribution in [1.29, 1.82) is 0 Å². The SMILES string of the molecule is COC(=O)C[C@@]12Oc3cc4c(c(O)c3C(O)=C1C(=O)CC[C@@H]2O)-c1cccc2c(=O)on(c12)C4. The average molecular weight is 465 g/mol. The summed E-state index contributed by atoms with van der Waals surface area (Å²) >= 11 is 0. The highest BCUT2D eigenvalue weighted by molar-refractivity contribution is 6.08. The van der Waals surface area contributed by atoms with Gasteiger partial charge in [0.1, 0.15) is 22.8 Å². The Balaban J connectivity index is 1.64. The number of Topliss-reactive ketones (excluding diaryl/α,β-unsaturated/α-hetero) is 1. The average Bonchev–Trinajstić information content (AvgIpc) is 3.12. The van der Waals surface area contributed by atoms with Crippen molar-refractivity contribution in [2.24, 2.45) is 0 Å². The molecule has 1 aliphatic carbocycles. The highest BCUT2D eigenvalue weighted by atomic mass is 16.5. The Kier molecular flexibility index (Phi) is 4.07. The number of methoxy groups -OCH3 is 1. The molecule has 3 N–H and O–H groups in total. The zero-order valence-electron chi connectivity index (χ0n) is 18.0. The van der Waals surface area contributed by atoms with E-state index in [1.54, 1.807) is 24.3 Å². The largest absolute Gasteiger partial charge is 0.506 e. The second-order valence-electron chi connectivity index (χ2n) is 8.70. The molecule has 0 amide bonds. The Bertz CT molecular complexity index is 1530. The van der Waals surface area contributed by atoms with Crippen LogP contribution >= 0.6 is 0 Å². The minimum Gasteiger partial charge on any atom is -0.506 e. The predicted octanol–water partition coefficient (Wildman–Crippen LogP) is 2.02. The monoisotopic (exact) mass is 465 g/mol. The van der Waals surface area contributed by atoms with Gasteiger partial charge in [-0.05, 0) is 24.1 Å². The molecule has 2 aliphatic heterocycles. The first-order valence-electron chi connectivity index (χ1n) is 10.7. The van der Waals surface area contributed by atoms with Crippen LogP contribution < -0.4 is 10.4 Å². The number of phenols is 1. The summed E-state index contributed by atoms with van der Waals surface area (Å²) in [6, 6.07) is 6.53. The normalized spacial score (nSPS) is 22.6. The first-order valence-corrected chi connectivity index (χ1v) is 10.7. The number of hydrogen-bond acceptors (Lipinski definition) is 9. The second-order valence-corrected chi connectivity index (χ2v) is 8.70. The summed E-state index contributed by atoms with van der Waals surface area (Å²) in [6.45, 7) is 0.0953. The van der Waals surface area contributed by atoms with Crippen LogP contribution in [0.1, 0.15) is 30.4 Å². The smallest absolute Gasteiger partial charge is 0.365 e. The van der Waals surface area contributed by atoms with E-state index in [-0.39, 0.29) is 42.0 Å². The van der Waals surface area contributed by atoms with E-state index >= 15 is 0 Å². The molecule has 174 valence electrons. The first-order chi connectivity index (χ1) is 16.3. The van der Waals surface area contributed by atoms with Crippen molar-refractivity contribution in [3.8, 4) is 22.6 Å². The lowest BCUT2D eigenvalue weighted by Gasteiger charge is -2.45. The number of rotatable bonds is 2. The van der Waals surface area contributed by atoms with Gasteiger partial charge in [-0.1, -0.05) is 12.1 Å². The standard InChI is InChI=1S/C24H19NO9/c1-32-16(28)8-24-15(27)6-5-13(26)19(24)22(30)18-14(33-24)7-10-9-25-20-11(17(10)21(18)29)3-2-4-12(20)23(31)34-25/h2-4,7,15,27,29-30H,5-6,8-9H2,1H3/t15-,24-/m0/s1. The lowest BCUT2D eigenvalue weighted by molar-refractivity contribution is -0.150. The molecule has 0 saturated heterocycles. The van der Waals surface area contributed by atoms with Crippen LogP contribution in [-0.2, 0) is 20.9 Å². The van der Waals surface area contributed by atoms with Crippen molar-refractivity contribution in [3.63, 3.8) is 0 Å². The molecule has 0 spiro atoms. The number of aliphatic hydroxyl groups excluding tert-OH is 2. The van der Waals surface area contributed by atoms with E-state index in [0.29, 0.717) is 27.6 Å². The highest BCUT2D eigenvalue weighted by Gasteiger charge is 2.56. The van der Waals surface area contributed by atoms with Gasteiger partial charge in [0.25, 0.3) is 0 Å². The van der Waals surface area contributed by atoms with Gasteiger partial charge < -0.3 is 29.3 Å². The lowest BCUT2D eigenvalue weighted by Crippen LogP contribution is -2.57. The number of hydrogen-bond donors (Lipinski definition) is 3. The Morgan fingerprint density at radius 3 is 2.82 bits per heavy atom. The molecule has 2 atom stereocenters. The minimum absolute atomic E-state index is 0.0136. The van der Waals surface area contributed by atoms with E-state index in [2.05, 4.69) is 0 Å². The van der Waals surface area contributed by atoms with Gasteiger partial charge in [-0.2, -0.15) is 0 Å². The van der Waals surface area contributed by atoms with Gasteiger partial charge in [0.2, 0.25) is 0 Å². The summed E-state index contributed by atoms with van der Waals surface area (Å²) < 4.78 is 17.6. The van der Waals surface area contributed by atoms with Gasteiger partial charge >= 0.3 is 11.6 Å². The summed E-state index contributed by atoms with van der Waals surface area (Å²) in [5, 5.41) is 33.8. The van der Waals surface area contributed by atoms with Crippen LogP contribution in [0.4, 0.5) is 0 Å². The predicted molar refractivity (Wildman–Crippen MR) is 116 cm³/mol. The van der Waals surface area contributed by atoms with Gasteiger partial charge in [-0.25, -0.2) is 9.53 Å². The Hall–Kier alpha value is -4.05. The zero-order valence-corrected chi connectivity index (χ0v) is 18.0. The fourth-order valence-corrected chi connectivity index (χ4v) is 5.40. The van der Waals surface area contributed by atoms with Gasteiger partial charge in [0.05, 0.1) is 42.7 Å². The van der Waals surface area contributed by atoms with Gasteiger partial charge in [0.15, 0.2) is 11.4 Å². The van der Waals surface area contributed by atoms with Crippen molar-refractivity contribution in [2.45, 2.75) is 37.5 Å². The number of carbonyl (C=O) groups excluding carboxylic acids is 2. The van der Waals surface area contributed by atoms with Gasteiger partial charge in [-0.15, -0.1) is 0 Å². The third-order valence-electron chi connectivity index (χ3n) is 6.91. The van der Waals surface area contributed by atoms with Crippen LogP contribution in [0.15, 0.2) is 39.2 Å².